The van der Waals surface area contributed by atoms with Crippen molar-refractivity contribution in [1.29, 1.82) is 0 Å². The first kappa shape index (κ1) is 9.74. The fourth-order valence-electron chi connectivity index (χ4n) is 0.955. The first-order chi connectivity index (χ1) is 4.46. The number of hydrogen-bond acceptors (Lipinski definition) is 0. The molecule has 0 aromatic carbocycles. The highest BCUT2D eigenvalue weighted by Crippen LogP contribution is 2.21. The number of hydrogen-bond donors (Lipinski definition) is 0. The number of rotatable bonds is 2. The van der Waals surface area contributed by atoms with Crippen LogP contribution in [0.25, 0.3) is 0 Å². The van der Waals surface area contributed by atoms with Gasteiger partial charge in [0.25, 0.3) is 0 Å². The van der Waals surface area contributed by atoms with E-state index in [1.807, 2.05) is 0 Å². The van der Waals surface area contributed by atoms with Gasteiger partial charge in [0.2, 0.25) is 0 Å². The molecule has 0 amide bonds. The maximum atomic E-state index is 2.30. The molecule has 0 saturated carbocycles. The third kappa shape index (κ3) is 2.55. The summed E-state index contributed by atoms with van der Waals surface area (Å²) in [5, 5.41) is 0. The van der Waals surface area contributed by atoms with Crippen molar-refractivity contribution in [2.75, 3.05) is 0 Å². The molecule has 0 aromatic rings. The molecule has 0 radical (unpaired) electrons. The third-order valence-electron chi connectivity index (χ3n) is 2.47. The second kappa shape index (κ2) is 3.80. The summed E-state index contributed by atoms with van der Waals surface area (Å²) in [5.74, 6) is 1.51. The van der Waals surface area contributed by atoms with Crippen LogP contribution in [0, 0.1) is 11.8 Å². The maximum Gasteiger partial charge on any atom is -0.0209 e. The van der Waals surface area contributed by atoms with Crippen molar-refractivity contribution in [3.63, 3.8) is 0 Å². The molecule has 0 aliphatic carbocycles. The summed E-state index contributed by atoms with van der Waals surface area (Å²) in [6.45, 7) is 13.5. The molecule has 0 fully saturated rings. The standard InChI is InChI=1S/C10H20/c1-7(2)9(5)10(6)8(3)4/h7,9H,1-6H3/t9-/m0/s1. The average Bonchev–Trinajstić information content (AvgIpc) is 1.84. The van der Waals surface area contributed by atoms with Crippen LogP contribution in [0.15, 0.2) is 11.1 Å². The Morgan fingerprint density at radius 2 is 1.30 bits per heavy atom. The Morgan fingerprint density at radius 3 is 1.40 bits per heavy atom. The van der Waals surface area contributed by atoms with Gasteiger partial charge < -0.3 is 0 Å². The maximum absolute atomic E-state index is 2.30. The predicted octanol–water partition coefficient (Wildman–Crippen LogP) is 3.63. The van der Waals surface area contributed by atoms with Gasteiger partial charge in [-0.25, -0.2) is 0 Å². The zero-order chi connectivity index (χ0) is 8.31. The van der Waals surface area contributed by atoms with Crippen LogP contribution in [-0.2, 0) is 0 Å². The molecule has 0 spiro atoms. The third-order valence-corrected chi connectivity index (χ3v) is 2.47. The van der Waals surface area contributed by atoms with Gasteiger partial charge in [0.15, 0.2) is 0 Å². The first-order valence-electron chi connectivity index (χ1n) is 4.10. The molecule has 60 valence electrons. The van der Waals surface area contributed by atoms with Gasteiger partial charge in [-0.3, -0.25) is 0 Å². The first-order valence-corrected chi connectivity index (χ1v) is 4.10. The van der Waals surface area contributed by atoms with Crippen LogP contribution in [0.3, 0.4) is 0 Å². The van der Waals surface area contributed by atoms with Gasteiger partial charge >= 0.3 is 0 Å². The summed E-state index contributed by atoms with van der Waals surface area (Å²) in [5.41, 5.74) is 3.02. The molecule has 0 aliphatic rings. The molecule has 0 heterocycles. The summed E-state index contributed by atoms with van der Waals surface area (Å²) in [6.07, 6.45) is 0. The molecular weight excluding hydrogens is 120 g/mol. The summed E-state index contributed by atoms with van der Waals surface area (Å²) in [7, 11) is 0. The molecule has 0 heteroatoms. The van der Waals surface area contributed by atoms with Crippen LogP contribution in [0.2, 0.25) is 0 Å². The molecule has 0 N–H and O–H groups in total. The van der Waals surface area contributed by atoms with Crippen molar-refractivity contribution in [2.45, 2.75) is 41.5 Å². The summed E-state index contributed by atoms with van der Waals surface area (Å²) >= 11 is 0. The van der Waals surface area contributed by atoms with E-state index in [2.05, 4.69) is 41.5 Å². The molecule has 10 heavy (non-hydrogen) atoms. The minimum Gasteiger partial charge on any atom is -0.0772 e. The molecule has 0 rings (SSSR count). The summed E-state index contributed by atoms with van der Waals surface area (Å²) < 4.78 is 0. The quantitative estimate of drug-likeness (QED) is 0.514. The van der Waals surface area contributed by atoms with E-state index in [0.29, 0.717) is 0 Å². The number of allylic oxidation sites excluding steroid dienone is 2. The molecule has 0 aliphatic heterocycles. The Morgan fingerprint density at radius 1 is 0.900 bits per heavy atom. The van der Waals surface area contributed by atoms with Crippen LogP contribution in [-0.4, -0.2) is 0 Å². The Bertz CT molecular complexity index is 125. The van der Waals surface area contributed by atoms with Crippen molar-refractivity contribution in [3.05, 3.63) is 11.1 Å². The van der Waals surface area contributed by atoms with Crippen molar-refractivity contribution < 1.29 is 0 Å². The van der Waals surface area contributed by atoms with Crippen LogP contribution < -0.4 is 0 Å². The van der Waals surface area contributed by atoms with E-state index >= 15 is 0 Å². The van der Waals surface area contributed by atoms with E-state index in [4.69, 9.17) is 0 Å². The minimum absolute atomic E-state index is 0.741. The average molecular weight is 140 g/mol. The van der Waals surface area contributed by atoms with Crippen LogP contribution >= 0.6 is 0 Å². The lowest BCUT2D eigenvalue weighted by atomic mass is 9.89. The predicted molar refractivity (Wildman–Crippen MR) is 48.1 cm³/mol. The summed E-state index contributed by atoms with van der Waals surface area (Å²) in [6, 6.07) is 0. The molecule has 0 aromatic heterocycles. The topological polar surface area (TPSA) is 0 Å². The molecule has 0 unspecified atom stereocenters. The fraction of sp³-hybridized carbons (Fsp3) is 0.800. The Kier molecular flexibility index (Phi) is 3.70. The van der Waals surface area contributed by atoms with Gasteiger partial charge in [0, 0.05) is 0 Å². The highest BCUT2D eigenvalue weighted by atomic mass is 14.1. The van der Waals surface area contributed by atoms with Gasteiger partial charge in [-0.1, -0.05) is 31.9 Å². The lowest BCUT2D eigenvalue weighted by molar-refractivity contribution is 0.477. The lowest BCUT2D eigenvalue weighted by Crippen LogP contribution is -2.05. The van der Waals surface area contributed by atoms with E-state index in [1.165, 1.54) is 5.57 Å². The zero-order valence-electron chi connectivity index (χ0n) is 8.15. The monoisotopic (exact) mass is 140 g/mol. The molecule has 0 bridgehead atoms. The molecular formula is C10H20. The zero-order valence-corrected chi connectivity index (χ0v) is 8.15. The Balaban J connectivity index is 4.22. The van der Waals surface area contributed by atoms with Crippen LogP contribution in [0.1, 0.15) is 41.5 Å². The van der Waals surface area contributed by atoms with Gasteiger partial charge in [0.05, 0.1) is 0 Å². The lowest BCUT2D eigenvalue weighted by Gasteiger charge is -2.17. The largest absolute Gasteiger partial charge is 0.0772 e. The minimum atomic E-state index is 0.741. The van der Waals surface area contributed by atoms with E-state index in [1.54, 1.807) is 5.57 Å². The Labute approximate surface area is 65.3 Å². The van der Waals surface area contributed by atoms with Crippen molar-refractivity contribution in [3.8, 4) is 0 Å². The van der Waals surface area contributed by atoms with E-state index < -0.39 is 0 Å². The van der Waals surface area contributed by atoms with Crippen molar-refractivity contribution in [2.24, 2.45) is 11.8 Å². The van der Waals surface area contributed by atoms with Gasteiger partial charge in [-0.15, -0.1) is 0 Å². The second-order valence-electron chi connectivity index (χ2n) is 3.72. The highest BCUT2D eigenvalue weighted by molar-refractivity contribution is 5.10. The second-order valence-corrected chi connectivity index (χ2v) is 3.72. The van der Waals surface area contributed by atoms with E-state index in [-0.39, 0.29) is 0 Å². The van der Waals surface area contributed by atoms with Gasteiger partial charge in [-0.05, 0) is 32.6 Å². The summed E-state index contributed by atoms with van der Waals surface area (Å²) in [4.78, 5) is 0. The fourth-order valence-corrected chi connectivity index (χ4v) is 0.955. The van der Waals surface area contributed by atoms with E-state index in [0.717, 1.165) is 11.8 Å². The van der Waals surface area contributed by atoms with Crippen molar-refractivity contribution in [1.82, 2.24) is 0 Å². The molecule has 0 nitrogen and oxygen atoms in total. The van der Waals surface area contributed by atoms with Crippen molar-refractivity contribution >= 4 is 0 Å². The Hall–Kier alpha value is -0.260. The SMILES string of the molecule is CC(C)=C(C)[C@@H](C)C(C)C. The van der Waals surface area contributed by atoms with Gasteiger partial charge in [0.1, 0.15) is 0 Å². The molecule has 1 atom stereocenters. The smallest absolute Gasteiger partial charge is 0.0209 e. The van der Waals surface area contributed by atoms with Gasteiger partial charge in [-0.2, -0.15) is 0 Å². The highest BCUT2D eigenvalue weighted by Gasteiger charge is 2.08. The van der Waals surface area contributed by atoms with Crippen LogP contribution in [0.4, 0.5) is 0 Å². The normalized spacial score (nSPS) is 13.5. The van der Waals surface area contributed by atoms with Crippen LogP contribution in [0.5, 0.6) is 0 Å². The van der Waals surface area contributed by atoms with E-state index in [9.17, 15) is 0 Å². The molecule has 0 saturated heterocycles.